The summed E-state index contributed by atoms with van der Waals surface area (Å²) in [6.45, 7) is 0.538. The van der Waals surface area contributed by atoms with E-state index in [4.69, 9.17) is 18.3 Å². The fourth-order valence-corrected chi connectivity index (χ4v) is 4.58. The van der Waals surface area contributed by atoms with E-state index in [1.54, 1.807) is 0 Å². The van der Waals surface area contributed by atoms with Crippen LogP contribution in [0.3, 0.4) is 0 Å². The molecule has 1 aromatic rings. The van der Waals surface area contributed by atoms with Crippen molar-refractivity contribution in [3.8, 4) is 0 Å². The maximum atomic E-state index is 11.9. The topological polar surface area (TPSA) is 112 Å². The minimum absolute atomic E-state index is 0.109. The van der Waals surface area contributed by atoms with Crippen LogP contribution in [0.2, 0.25) is 0 Å². The zero-order chi connectivity index (χ0) is 19.3. The van der Waals surface area contributed by atoms with E-state index in [-0.39, 0.29) is 12.7 Å². The van der Waals surface area contributed by atoms with Gasteiger partial charge in [0, 0.05) is 12.3 Å². The molecule has 2 aliphatic rings. The maximum Gasteiger partial charge on any atom is 0.572 e. The summed E-state index contributed by atoms with van der Waals surface area (Å²) in [7, 11) is -2.01. The minimum Gasteiger partial charge on any atom is -0.352 e. The molecule has 1 saturated heterocycles. The standard InChI is InChI=1S/C17H27N2O7P/c1-23-27(22,24-11-13-5-3-2-4-6-13)25-12-14-7-8-16(26-14)19-10-9-15(20)18-17(19)21/h9-10,13-14,16,22H,2-8,11-12H2,1H3/p+1. The SMILES string of the molecule is CO[P+](O)(OCC1CCCCC1)OCC1CCC(n2ccc(=O)[nH]c2=O)O1. The predicted octanol–water partition coefficient (Wildman–Crippen LogP) is 2.14. The predicted molar refractivity (Wildman–Crippen MR) is 99.1 cm³/mol. The quantitative estimate of drug-likeness (QED) is 0.640. The molecule has 3 rings (SSSR count). The van der Waals surface area contributed by atoms with Gasteiger partial charge in [0.05, 0.1) is 13.2 Å². The summed E-state index contributed by atoms with van der Waals surface area (Å²) in [5, 5.41) is 0. The molecule has 3 unspecified atom stereocenters. The molecule has 2 heterocycles. The van der Waals surface area contributed by atoms with E-state index in [1.807, 2.05) is 0 Å². The monoisotopic (exact) mass is 403 g/mol. The van der Waals surface area contributed by atoms with Crippen LogP contribution in [0, 0.1) is 5.92 Å². The van der Waals surface area contributed by atoms with Crippen LogP contribution < -0.4 is 11.2 Å². The van der Waals surface area contributed by atoms with Crippen molar-refractivity contribution in [2.75, 3.05) is 20.3 Å². The summed E-state index contributed by atoms with van der Waals surface area (Å²) >= 11 is 0. The van der Waals surface area contributed by atoms with Crippen molar-refractivity contribution < 1.29 is 23.2 Å². The molecule has 0 spiro atoms. The molecule has 0 aromatic carbocycles. The molecule has 1 aliphatic carbocycles. The molecular weight excluding hydrogens is 375 g/mol. The van der Waals surface area contributed by atoms with Crippen LogP contribution >= 0.6 is 8.17 Å². The number of nitrogens with one attached hydrogen (secondary N) is 1. The number of nitrogens with zero attached hydrogens (tertiary/aromatic N) is 1. The Balaban J connectivity index is 1.48. The van der Waals surface area contributed by atoms with Crippen molar-refractivity contribution in [2.45, 2.75) is 57.3 Å². The van der Waals surface area contributed by atoms with Crippen LogP contribution in [0.25, 0.3) is 0 Å². The highest BCUT2D eigenvalue weighted by molar-refractivity contribution is 7.55. The number of rotatable bonds is 8. The first-order valence-corrected chi connectivity index (χ1v) is 10.9. The number of hydrogen-bond acceptors (Lipinski definition) is 7. The van der Waals surface area contributed by atoms with E-state index >= 15 is 0 Å². The first kappa shape index (κ1) is 20.6. The van der Waals surface area contributed by atoms with Gasteiger partial charge in [0.15, 0.2) is 0 Å². The largest absolute Gasteiger partial charge is 0.572 e. The molecule has 1 aromatic heterocycles. The zero-order valence-electron chi connectivity index (χ0n) is 15.5. The smallest absolute Gasteiger partial charge is 0.352 e. The van der Waals surface area contributed by atoms with E-state index in [1.165, 1.54) is 43.2 Å². The van der Waals surface area contributed by atoms with Gasteiger partial charge in [-0.3, -0.25) is 14.3 Å². The van der Waals surface area contributed by atoms with Gasteiger partial charge in [0.1, 0.15) is 19.4 Å². The maximum absolute atomic E-state index is 11.9. The van der Waals surface area contributed by atoms with Crippen molar-refractivity contribution in [3.05, 3.63) is 33.1 Å². The van der Waals surface area contributed by atoms with Crippen LogP contribution in [0.4, 0.5) is 0 Å². The second kappa shape index (κ2) is 9.41. The summed E-state index contributed by atoms with van der Waals surface area (Å²) in [4.78, 5) is 35.7. The molecule has 0 radical (unpaired) electrons. The molecule has 27 heavy (non-hydrogen) atoms. The molecule has 2 N–H and O–H groups in total. The second-order valence-electron chi connectivity index (χ2n) is 7.05. The fraction of sp³-hybridized carbons (Fsp3) is 0.765. The van der Waals surface area contributed by atoms with Gasteiger partial charge in [0.25, 0.3) is 5.56 Å². The van der Waals surface area contributed by atoms with Crippen LogP contribution in [0.15, 0.2) is 21.9 Å². The lowest BCUT2D eigenvalue weighted by Crippen LogP contribution is -2.31. The van der Waals surface area contributed by atoms with Gasteiger partial charge in [-0.25, -0.2) is 4.79 Å². The van der Waals surface area contributed by atoms with Crippen molar-refractivity contribution in [2.24, 2.45) is 5.92 Å². The Kier molecular flexibility index (Phi) is 7.19. The van der Waals surface area contributed by atoms with Crippen LogP contribution in [-0.2, 0) is 18.3 Å². The third-order valence-electron chi connectivity index (χ3n) is 5.10. The summed E-state index contributed by atoms with van der Waals surface area (Å²) in [6, 6.07) is 1.28. The molecule has 0 amide bonds. The Labute approximate surface area is 158 Å². The van der Waals surface area contributed by atoms with Gasteiger partial charge in [0.2, 0.25) is 0 Å². The number of aromatic amines is 1. The summed E-state index contributed by atoms with van der Waals surface area (Å²) in [5.41, 5.74) is -0.954. The molecule has 0 bridgehead atoms. The Morgan fingerprint density at radius 3 is 2.63 bits per heavy atom. The van der Waals surface area contributed by atoms with E-state index in [9.17, 15) is 14.5 Å². The van der Waals surface area contributed by atoms with Crippen molar-refractivity contribution in [3.63, 3.8) is 0 Å². The Morgan fingerprint density at radius 2 is 1.93 bits per heavy atom. The molecule has 2 fully saturated rings. The Hall–Kier alpha value is -1.09. The summed E-state index contributed by atoms with van der Waals surface area (Å²) in [5.74, 6) is 0.434. The van der Waals surface area contributed by atoms with E-state index < -0.39 is 25.6 Å². The number of ether oxygens (including phenoxy) is 1. The highest BCUT2D eigenvalue weighted by atomic mass is 31.2. The van der Waals surface area contributed by atoms with Gasteiger partial charge in [-0.05, 0) is 31.6 Å². The molecule has 152 valence electrons. The minimum atomic E-state index is -3.37. The molecule has 10 heteroatoms. The molecule has 1 saturated carbocycles. The van der Waals surface area contributed by atoms with Crippen LogP contribution in [-0.4, -0.2) is 40.9 Å². The van der Waals surface area contributed by atoms with Gasteiger partial charge in [-0.2, -0.15) is 18.5 Å². The van der Waals surface area contributed by atoms with Crippen LogP contribution in [0.1, 0.15) is 51.2 Å². The normalized spacial score (nSPS) is 26.1. The lowest BCUT2D eigenvalue weighted by Gasteiger charge is -2.22. The van der Waals surface area contributed by atoms with E-state index in [0.29, 0.717) is 25.4 Å². The van der Waals surface area contributed by atoms with Crippen LogP contribution in [0.5, 0.6) is 0 Å². The molecule has 9 nitrogen and oxygen atoms in total. The average molecular weight is 403 g/mol. The summed E-state index contributed by atoms with van der Waals surface area (Å²) < 4.78 is 23.4. The summed E-state index contributed by atoms with van der Waals surface area (Å²) in [6.07, 6.45) is 7.76. The first-order chi connectivity index (χ1) is 13.0. The fourth-order valence-electron chi connectivity index (χ4n) is 3.54. The van der Waals surface area contributed by atoms with Crippen molar-refractivity contribution in [1.29, 1.82) is 0 Å². The second-order valence-corrected chi connectivity index (χ2v) is 8.87. The Morgan fingerprint density at radius 1 is 1.19 bits per heavy atom. The number of H-pyrrole nitrogens is 1. The first-order valence-electron chi connectivity index (χ1n) is 9.42. The Bertz CT molecular complexity index is 718. The average Bonchev–Trinajstić information content (AvgIpc) is 3.14. The third-order valence-corrected chi connectivity index (χ3v) is 6.51. The van der Waals surface area contributed by atoms with Gasteiger partial charge in [-0.1, -0.05) is 19.3 Å². The highest BCUT2D eigenvalue weighted by Gasteiger charge is 2.45. The van der Waals surface area contributed by atoms with E-state index in [2.05, 4.69) is 4.98 Å². The highest BCUT2D eigenvalue weighted by Crippen LogP contribution is 2.58. The van der Waals surface area contributed by atoms with Gasteiger partial charge in [-0.15, -0.1) is 0 Å². The molecular formula is C17H28N2O7P+. The van der Waals surface area contributed by atoms with Gasteiger partial charge < -0.3 is 4.74 Å². The number of aromatic nitrogens is 2. The molecule has 3 atom stereocenters. The van der Waals surface area contributed by atoms with Crippen molar-refractivity contribution in [1.82, 2.24) is 9.55 Å². The number of hydrogen-bond donors (Lipinski definition) is 2. The third kappa shape index (κ3) is 5.70. The van der Waals surface area contributed by atoms with E-state index in [0.717, 1.165) is 12.8 Å². The lowest BCUT2D eigenvalue weighted by molar-refractivity contribution is -0.0320. The zero-order valence-corrected chi connectivity index (χ0v) is 16.4. The van der Waals surface area contributed by atoms with Gasteiger partial charge >= 0.3 is 13.9 Å². The molecule has 1 aliphatic heterocycles. The van der Waals surface area contributed by atoms with Crippen molar-refractivity contribution >= 4 is 8.17 Å². The lowest BCUT2D eigenvalue weighted by atomic mass is 9.90.